The van der Waals surface area contributed by atoms with Crippen LogP contribution in [0.5, 0.6) is 0 Å². The number of nitrogens with zero attached hydrogens (tertiary/aromatic N) is 4. The number of likely N-dealkylation sites (tertiary alicyclic amines) is 1. The first-order valence-electron chi connectivity index (χ1n) is 15.8. The number of nitrogens with one attached hydrogen (secondary N) is 2. The summed E-state index contributed by atoms with van der Waals surface area (Å²) in [5.41, 5.74) is 12.2. The predicted molar refractivity (Wildman–Crippen MR) is 194 cm³/mol. The molecule has 1 fully saturated rings. The Morgan fingerprint density at radius 3 is 2.60 bits per heavy atom. The maximum Gasteiger partial charge on any atom is 0.241 e. The molecule has 2 aliphatic rings. The lowest BCUT2D eigenvalue weighted by Gasteiger charge is -2.29. The lowest BCUT2D eigenvalue weighted by atomic mass is 9.98. The Balaban J connectivity index is 1.04. The highest BCUT2D eigenvalue weighted by Gasteiger charge is 2.44. The van der Waals surface area contributed by atoms with E-state index in [0.717, 1.165) is 34.0 Å². The Morgan fingerprint density at radius 1 is 1.12 bits per heavy atom. The number of H-pyrrole nitrogens is 1. The maximum absolute atomic E-state index is 13.7. The molecule has 6 rings (SSSR count). The molecule has 0 saturated carbocycles. The van der Waals surface area contributed by atoms with Crippen molar-refractivity contribution in [2.24, 2.45) is 10.7 Å². The summed E-state index contributed by atoms with van der Waals surface area (Å²) < 4.78 is 12.8. The molecule has 3 aromatic carbocycles. The van der Waals surface area contributed by atoms with Crippen LogP contribution >= 0.6 is 11.8 Å². The van der Waals surface area contributed by atoms with E-state index in [1.807, 2.05) is 41.5 Å². The van der Waals surface area contributed by atoms with Gasteiger partial charge >= 0.3 is 0 Å². The Morgan fingerprint density at radius 2 is 1.90 bits per heavy atom. The highest BCUT2D eigenvalue weighted by atomic mass is 32.2. The minimum Gasteiger partial charge on any atom is -0.405 e. The highest BCUT2D eigenvalue weighted by molar-refractivity contribution is 8.00. The summed E-state index contributed by atoms with van der Waals surface area (Å²) >= 11 is 1.52. The number of halogens is 1. The molecular formula is C37H38FN7O2S. The van der Waals surface area contributed by atoms with Crippen molar-refractivity contribution in [2.75, 3.05) is 44.3 Å². The van der Waals surface area contributed by atoms with Crippen LogP contribution in [0.2, 0.25) is 0 Å². The van der Waals surface area contributed by atoms with Crippen LogP contribution < -0.4 is 11.1 Å². The Labute approximate surface area is 283 Å². The van der Waals surface area contributed by atoms with Crippen LogP contribution in [0.15, 0.2) is 96.7 Å². The smallest absolute Gasteiger partial charge is 0.241 e. The zero-order valence-electron chi connectivity index (χ0n) is 26.8. The number of nitrogens with two attached hydrogens (primary N) is 1. The van der Waals surface area contributed by atoms with Gasteiger partial charge in [-0.2, -0.15) is 5.10 Å². The van der Waals surface area contributed by atoms with Crippen molar-refractivity contribution >= 4 is 57.7 Å². The zero-order chi connectivity index (χ0) is 33.7. The number of aromatic amines is 1. The van der Waals surface area contributed by atoms with Gasteiger partial charge in [-0.1, -0.05) is 36.9 Å². The summed E-state index contributed by atoms with van der Waals surface area (Å²) in [6.07, 6.45) is 10.2. The number of aliphatic imine (C=N–C) groups is 1. The van der Waals surface area contributed by atoms with Gasteiger partial charge in [-0.3, -0.25) is 24.6 Å². The van der Waals surface area contributed by atoms with E-state index >= 15 is 0 Å². The number of carbonyl (C=O) groups is 2. The van der Waals surface area contributed by atoms with Crippen LogP contribution in [0, 0.1) is 5.82 Å². The monoisotopic (exact) mass is 663 g/mol. The van der Waals surface area contributed by atoms with E-state index in [9.17, 15) is 14.0 Å². The standard InChI is InChI=1S/C37H38FN7O2S/c1-25(40-18-3-17-39)26-4-6-27(7-5-26)28-14-19-45(20-15-28)34(46)23-44-21-16-37(24-44,48-2)36(47)41-31-12-13-33-32(22-31)35(43-42-33)29-8-10-30(38)11-9-29/h3-14,17-18,22H,1,15-16,19-21,23-24,39H2,2H3,(H,41,47)(H,42,43)/b17-3-,40-18-/t37-/m0/s1. The predicted octanol–water partition coefficient (Wildman–Crippen LogP) is 5.94. The molecule has 4 aromatic rings. The van der Waals surface area contributed by atoms with Gasteiger partial charge in [-0.15, -0.1) is 11.8 Å². The van der Waals surface area contributed by atoms with Crippen molar-refractivity contribution in [1.82, 2.24) is 20.0 Å². The fraction of sp³-hybridized carbons (Fsp3) is 0.243. The summed E-state index contributed by atoms with van der Waals surface area (Å²) in [7, 11) is 0. The summed E-state index contributed by atoms with van der Waals surface area (Å²) in [6.45, 7) is 6.63. The number of allylic oxidation sites excluding steroid dienone is 1. The van der Waals surface area contributed by atoms with E-state index < -0.39 is 4.75 Å². The van der Waals surface area contributed by atoms with Crippen molar-refractivity contribution < 1.29 is 14.0 Å². The second kappa shape index (κ2) is 14.4. The number of benzene rings is 3. The number of amides is 2. The number of thioether (sulfide) groups is 1. The van der Waals surface area contributed by atoms with Gasteiger partial charge in [-0.05, 0) is 90.5 Å². The molecule has 2 amide bonds. The first kappa shape index (κ1) is 32.9. The fourth-order valence-corrected chi connectivity index (χ4v) is 7.03. The third-order valence-corrected chi connectivity index (χ3v) is 10.3. The molecule has 2 aliphatic heterocycles. The van der Waals surface area contributed by atoms with E-state index in [-0.39, 0.29) is 24.2 Å². The van der Waals surface area contributed by atoms with Crippen LogP contribution in [-0.4, -0.2) is 81.8 Å². The number of rotatable bonds is 10. The first-order valence-corrected chi connectivity index (χ1v) is 17.0. The average Bonchev–Trinajstić information content (AvgIpc) is 3.73. The lowest BCUT2D eigenvalue weighted by Crippen LogP contribution is -2.45. The zero-order valence-corrected chi connectivity index (χ0v) is 27.6. The molecule has 1 aromatic heterocycles. The van der Waals surface area contributed by atoms with Gasteiger partial charge in [0.25, 0.3) is 0 Å². The molecule has 0 unspecified atom stereocenters. The lowest BCUT2D eigenvalue weighted by molar-refractivity contribution is -0.132. The van der Waals surface area contributed by atoms with Crippen LogP contribution in [0.1, 0.15) is 24.0 Å². The third kappa shape index (κ3) is 7.12. The topological polar surface area (TPSA) is 120 Å². The number of anilines is 1. The molecule has 48 heavy (non-hydrogen) atoms. The van der Waals surface area contributed by atoms with Gasteiger partial charge < -0.3 is 16.0 Å². The molecule has 0 bridgehead atoms. The van der Waals surface area contributed by atoms with Gasteiger partial charge in [0.1, 0.15) is 10.6 Å². The van der Waals surface area contributed by atoms with Crippen molar-refractivity contribution in [2.45, 2.75) is 17.6 Å². The van der Waals surface area contributed by atoms with E-state index in [4.69, 9.17) is 5.73 Å². The summed E-state index contributed by atoms with van der Waals surface area (Å²) in [6, 6.07) is 19.9. The van der Waals surface area contributed by atoms with E-state index in [2.05, 4.69) is 50.2 Å². The highest BCUT2D eigenvalue weighted by Crippen LogP contribution is 2.36. The Kier molecular flexibility index (Phi) is 9.88. The van der Waals surface area contributed by atoms with Crippen LogP contribution in [0.25, 0.3) is 33.4 Å². The molecule has 1 saturated heterocycles. The molecule has 1 atom stereocenters. The molecule has 11 heteroatoms. The summed E-state index contributed by atoms with van der Waals surface area (Å²) in [5, 5.41) is 11.4. The maximum atomic E-state index is 13.7. The normalized spacial score (nSPS) is 18.5. The van der Waals surface area contributed by atoms with Gasteiger partial charge in [0, 0.05) is 49.0 Å². The fourth-order valence-electron chi connectivity index (χ4n) is 6.19. The third-order valence-electron chi connectivity index (χ3n) is 8.99. The van der Waals surface area contributed by atoms with Crippen molar-refractivity contribution in [3.8, 4) is 11.3 Å². The quantitative estimate of drug-likeness (QED) is 0.181. The van der Waals surface area contributed by atoms with Crippen LogP contribution in [-0.2, 0) is 9.59 Å². The molecule has 0 aliphatic carbocycles. The molecule has 4 N–H and O–H groups in total. The van der Waals surface area contributed by atoms with Crippen LogP contribution in [0.4, 0.5) is 10.1 Å². The Hall–Kier alpha value is -5.00. The van der Waals surface area contributed by atoms with Gasteiger partial charge in [-0.25, -0.2) is 4.39 Å². The van der Waals surface area contributed by atoms with E-state index in [1.165, 1.54) is 35.7 Å². The van der Waals surface area contributed by atoms with Crippen LogP contribution in [0.3, 0.4) is 0 Å². The molecule has 0 radical (unpaired) electrons. The van der Waals surface area contributed by atoms with Gasteiger partial charge in [0.05, 0.1) is 23.5 Å². The molecule has 0 spiro atoms. The molecule has 9 nitrogen and oxygen atoms in total. The largest absolute Gasteiger partial charge is 0.405 e. The minimum atomic E-state index is -0.676. The second-order valence-corrected chi connectivity index (χ2v) is 13.1. The number of carbonyl (C=O) groups excluding carboxylic acids is 2. The molecule has 246 valence electrons. The second-order valence-electron chi connectivity index (χ2n) is 12.0. The molecular weight excluding hydrogens is 626 g/mol. The molecule has 3 heterocycles. The SMILES string of the molecule is C=C(/N=C\C=C/N)c1ccc(C2=CCN(C(=O)CN3CC[C@@](SC)(C(=O)Nc4ccc5[nH]nc(-c6ccc(F)cc6)c5c4)C3)CC2)cc1. The number of hydrogen-bond donors (Lipinski definition) is 3. The Bertz CT molecular complexity index is 1920. The number of fused-ring (bicyclic) bond motifs is 1. The van der Waals surface area contributed by atoms with Gasteiger partial charge in [0.15, 0.2) is 0 Å². The average molecular weight is 664 g/mol. The summed E-state index contributed by atoms with van der Waals surface area (Å²) in [4.78, 5) is 35.3. The number of aromatic nitrogens is 2. The van der Waals surface area contributed by atoms with Crippen molar-refractivity contribution in [3.63, 3.8) is 0 Å². The first-order chi connectivity index (χ1) is 23.3. The number of hydrogen-bond acceptors (Lipinski definition) is 7. The summed E-state index contributed by atoms with van der Waals surface area (Å²) in [5.74, 6) is -0.333. The van der Waals surface area contributed by atoms with Gasteiger partial charge in [0.2, 0.25) is 11.8 Å². The van der Waals surface area contributed by atoms with E-state index in [1.54, 1.807) is 24.4 Å². The van der Waals surface area contributed by atoms with E-state index in [0.29, 0.717) is 49.7 Å². The van der Waals surface area contributed by atoms with Crippen molar-refractivity contribution in [3.05, 3.63) is 109 Å². The van der Waals surface area contributed by atoms with Crippen molar-refractivity contribution in [1.29, 1.82) is 0 Å². The minimum absolute atomic E-state index is 0.0670.